The van der Waals surface area contributed by atoms with Crippen LogP contribution in [0.15, 0.2) is 60.7 Å². The van der Waals surface area contributed by atoms with Crippen molar-refractivity contribution in [2.45, 2.75) is 19.8 Å². The first-order valence-corrected chi connectivity index (χ1v) is 9.20. The summed E-state index contributed by atoms with van der Waals surface area (Å²) in [6, 6.07) is 18.6. The highest BCUT2D eigenvalue weighted by molar-refractivity contribution is 5.89. The second-order valence-corrected chi connectivity index (χ2v) is 6.37. The van der Waals surface area contributed by atoms with Crippen LogP contribution in [0.4, 0.5) is 0 Å². The van der Waals surface area contributed by atoms with Gasteiger partial charge in [-0.25, -0.2) is 4.79 Å². The van der Waals surface area contributed by atoms with E-state index in [0.29, 0.717) is 35.9 Å². The Kier molecular flexibility index (Phi) is 6.27. The van der Waals surface area contributed by atoms with Gasteiger partial charge in [0.05, 0.1) is 30.7 Å². The fourth-order valence-electron chi connectivity index (χ4n) is 2.94. The van der Waals surface area contributed by atoms with Crippen molar-refractivity contribution in [1.82, 2.24) is 4.98 Å². The molecular weight excluding hydrogens is 354 g/mol. The third kappa shape index (κ3) is 4.49. The van der Waals surface area contributed by atoms with E-state index >= 15 is 0 Å². The largest absolute Gasteiger partial charge is 0.497 e. The van der Waals surface area contributed by atoms with Crippen molar-refractivity contribution in [3.63, 3.8) is 0 Å². The molecule has 0 aliphatic heterocycles. The van der Waals surface area contributed by atoms with Crippen LogP contribution in [0, 0.1) is 0 Å². The van der Waals surface area contributed by atoms with Crippen molar-refractivity contribution >= 4 is 5.97 Å². The lowest BCUT2D eigenvalue weighted by Crippen LogP contribution is -2.07. The summed E-state index contributed by atoms with van der Waals surface area (Å²) in [7, 11) is 1.61. The molecule has 0 spiro atoms. The lowest BCUT2D eigenvalue weighted by molar-refractivity contribution is 0.0695. The molecule has 28 heavy (non-hydrogen) atoms. The zero-order chi connectivity index (χ0) is 19.9. The Morgan fingerprint density at radius 1 is 1.07 bits per heavy atom. The molecule has 0 bridgehead atoms. The highest BCUT2D eigenvalue weighted by Gasteiger charge is 2.16. The van der Waals surface area contributed by atoms with Crippen LogP contribution in [0.1, 0.15) is 35.0 Å². The summed E-state index contributed by atoms with van der Waals surface area (Å²) in [5, 5.41) is 9.56. The maximum atomic E-state index is 11.7. The van der Waals surface area contributed by atoms with E-state index in [2.05, 4.69) is 4.98 Å². The van der Waals surface area contributed by atoms with Crippen LogP contribution in [0.5, 0.6) is 11.5 Å². The van der Waals surface area contributed by atoms with Crippen molar-refractivity contribution in [3.05, 3.63) is 77.5 Å². The molecule has 0 atom stereocenters. The molecule has 0 radical (unpaired) electrons. The molecule has 1 heterocycles. The topological polar surface area (TPSA) is 68.7 Å². The van der Waals surface area contributed by atoms with Gasteiger partial charge >= 0.3 is 5.97 Å². The van der Waals surface area contributed by atoms with Gasteiger partial charge in [-0.2, -0.15) is 0 Å². The van der Waals surface area contributed by atoms with Crippen molar-refractivity contribution in [2.75, 3.05) is 13.7 Å². The Morgan fingerprint density at radius 2 is 1.86 bits per heavy atom. The van der Waals surface area contributed by atoms with Crippen LogP contribution in [0.25, 0.3) is 11.3 Å². The molecule has 5 heteroatoms. The minimum Gasteiger partial charge on any atom is -0.497 e. The number of carboxylic acids is 1. The van der Waals surface area contributed by atoms with Crippen LogP contribution < -0.4 is 9.47 Å². The number of aromatic carboxylic acids is 1. The first-order chi connectivity index (χ1) is 13.6. The van der Waals surface area contributed by atoms with Crippen molar-refractivity contribution in [2.24, 2.45) is 0 Å². The summed E-state index contributed by atoms with van der Waals surface area (Å²) in [6.45, 7) is 2.61. The quantitative estimate of drug-likeness (QED) is 0.609. The minimum atomic E-state index is -0.984. The van der Waals surface area contributed by atoms with Crippen LogP contribution in [0.3, 0.4) is 0 Å². The number of aromatic nitrogens is 1. The normalized spacial score (nSPS) is 10.5. The molecule has 0 amide bonds. The average molecular weight is 377 g/mol. The zero-order valence-electron chi connectivity index (χ0n) is 16.0. The molecule has 3 rings (SSSR count). The predicted octanol–water partition coefficient (Wildman–Crippen LogP) is 4.84. The molecule has 1 N–H and O–H groups in total. The van der Waals surface area contributed by atoms with Gasteiger partial charge in [-0.15, -0.1) is 0 Å². The second-order valence-electron chi connectivity index (χ2n) is 6.37. The van der Waals surface area contributed by atoms with E-state index in [-0.39, 0.29) is 5.56 Å². The number of nitrogens with zero attached hydrogens (tertiary/aromatic N) is 1. The SMILES string of the molecule is CCCOc1cc(OC)ccc1-c1ccc(C(=O)O)c(Cc2ccccc2)n1. The van der Waals surface area contributed by atoms with Crippen molar-refractivity contribution in [1.29, 1.82) is 0 Å². The molecule has 1 aromatic heterocycles. The first-order valence-electron chi connectivity index (χ1n) is 9.20. The Bertz CT molecular complexity index is 954. The van der Waals surface area contributed by atoms with Crippen LogP contribution in [-0.4, -0.2) is 29.8 Å². The molecule has 3 aromatic rings. The van der Waals surface area contributed by atoms with Gasteiger partial charge in [0.15, 0.2) is 0 Å². The maximum absolute atomic E-state index is 11.7. The molecule has 0 aliphatic rings. The highest BCUT2D eigenvalue weighted by atomic mass is 16.5. The number of pyridine rings is 1. The van der Waals surface area contributed by atoms with Gasteiger partial charge in [0.2, 0.25) is 0 Å². The van der Waals surface area contributed by atoms with Gasteiger partial charge in [0, 0.05) is 18.1 Å². The Balaban J connectivity index is 2.05. The number of rotatable bonds is 8. The summed E-state index contributed by atoms with van der Waals surface area (Å²) >= 11 is 0. The van der Waals surface area contributed by atoms with Gasteiger partial charge in [0.25, 0.3) is 0 Å². The number of hydrogen-bond acceptors (Lipinski definition) is 4. The molecule has 5 nitrogen and oxygen atoms in total. The third-order valence-electron chi connectivity index (χ3n) is 4.35. The van der Waals surface area contributed by atoms with Gasteiger partial charge < -0.3 is 14.6 Å². The van der Waals surface area contributed by atoms with Crippen LogP contribution >= 0.6 is 0 Å². The number of carboxylic acid groups (broad SMARTS) is 1. The Hall–Kier alpha value is -3.34. The maximum Gasteiger partial charge on any atom is 0.337 e. The number of ether oxygens (including phenoxy) is 2. The molecular formula is C23H23NO4. The average Bonchev–Trinajstić information content (AvgIpc) is 2.72. The van der Waals surface area contributed by atoms with E-state index < -0.39 is 5.97 Å². The fraction of sp³-hybridized carbons (Fsp3) is 0.217. The van der Waals surface area contributed by atoms with E-state index in [1.165, 1.54) is 0 Å². The van der Waals surface area contributed by atoms with Gasteiger partial charge in [-0.1, -0.05) is 37.3 Å². The van der Waals surface area contributed by atoms with Crippen LogP contribution in [0.2, 0.25) is 0 Å². The van der Waals surface area contributed by atoms with Crippen LogP contribution in [-0.2, 0) is 6.42 Å². The summed E-state index contributed by atoms with van der Waals surface area (Å²) in [6.07, 6.45) is 1.32. The second kappa shape index (κ2) is 9.04. The molecule has 0 saturated heterocycles. The number of hydrogen-bond donors (Lipinski definition) is 1. The Morgan fingerprint density at radius 3 is 2.54 bits per heavy atom. The van der Waals surface area contributed by atoms with E-state index in [0.717, 1.165) is 17.5 Å². The predicted molar refractivity (Wildman–Crippen MR) is 108 cm³/mol. The molecule has 2 aromatic carbocycles. The fourth-order valence-corrected chi connectivity index (χ4v) is 2.94. The summed E-state index contributed by atoms with van der Waals surface area (Å²) in [5.74, 6) is 0.381. The molecule has 0 unspecified atom stereocenters. The lowest BCUT2D eigenvalue weighted by atomic mass is 10.0. The summed E-state index contributed by atoms with van der Waals surface area (Å²) in [4.78, 5) is 16.4. The van der Waals surface area contributed by atoms with Gasteiger partial charge in [0.1, 0.15) is 11.5 Å². The van der Waals surface area contributed by atoms with E-state index in [1.807, 2.05) is 55.5 Å². The third-order valence-corrected chi connectivity index (χ3v) is 4.35. The molecule has 0 saturated carbocycles. The van der Waals surface area contributed by atoms with Gasteiger partial charge in [-0.05, 0) is 36.2 Å². The van der Waals surface area contributed by atoms with Crippen molar-refractivity contribution in [3.8, 4) is 22.8 Å². The number of benzene rings is 2. The van der Waals surface area contributed by atoms with Gasteiger partial charge in [-0.3, -0.25) is 4.98 Å². The standard InChI is InChI=1S/C23H23NO4/c1-3-13-28-22-15-17(27-2)9-10-18(22)20-12-11-19(23(25)26)21(24-20)14-16-7-5-4-6-8-16/h4-12,15H,3,13-14H2,1-2H3,(H,25,26). The summed E-state index contributed by atoms with van der Waals surface area (Å²) in [5.41, 5.74) is 3.21. The zero-order valence-corrected chi connectivity index (χ0v) is 16.0. The van der Waals surface area contributed by atoms with E-state index in [1.54, 1.807) is 19.2 Å². The van der Waals surface area contributed by atoms with E-state index in [9.17, 15) is 9.90 Å². The Labute approximate surface area is 164 Å². The monoisotopic (exact) mass is 377 g/mol. The smallest absolute Gasteiger partial charge is 0.337 e. The summed E-state index contributed by atoms with van der Waals surface area (Å²) < 4.78 is 11.2. The number of methoxy groups -OCH3 is 1. The molecule has 0 aliphatic carbocycles. The first kappa shape index (κ1) is 19.4. The molecule has 0 fully saturated rings. The lowest BCUT2D eigenvalue weighted by Gasteiger charge is -2.14. The van der Waals surface area contributed by atoms with Crippen molar-refractivity contribution < 1.29 is 19.4 Å². The minimum absolute atomic E-state index is 0.206. The highest BCUT2D eigenvalue weighted by Crippen LogP contribution is 2.33. The number of carbonyl (C=O) groups is 1. The van der Waals surface area contributed by atoms with E-state index in [4.69, 9.17) is 9.47 Å². The molecule has 144 valence electrons.